The molecule has 0 N–H and O–H groups in total. The molecule has 0 aliphatic heterocycles. The zero-order chi connectivity index (χ0) is 18.8. The van der Waals surface area contributed by atoms with Crippen LogP contribution in [0, 0.1) is 0 Å². The quantitative estimate of drug-likeness (QED) is 0.461. The molecule has 5 aromatic rings. The Morgan fingerprint density at radius 1 is 0.464 bits per heavy atom. The monoisotopic (exact) mass is 370 g/mol. The third kappa shape index (κ3) is 2.90. The van der Waals surface area contributed by atoms with Crippen LogP contribution in [0.1, 0.15) is 23.5 Å². The van der Waals surface area contributed by atoms with Crippen molar-refractivity contribution < 1.29 is 0 Å². The summed E-state index contributed by atoms with van der Waals surface area (Å²) in [5, 5.41) is 17.7. The van der Waals surface area contributed by atoms with Crippen molar-refractivity contribution in [3.63, 3.8) is 0 Å². The molecular weight excluding hydrogens is 352 g/mol. The maximum atomic E-state index is 4.42. The molecular formula is C20H18N8. The largest absolute Gasteiger partial charge is 0.244 e. The molecule has 0 spiro atoms. The van der Waals surface area contributed by atoms with E-state index in [0.717, 1.165) is 11.1 Å². The molecule has 138 valence electrons. The molecule has 0 bridgehead atoms. The van der Waals surface area contributed by atoms with Crippen LogP contribution in [0.15, 0.2) is 98.1 Å². The van der Waals surface area contributed by atoms with Gasteiger partial charge in [-0.2, -0.15) is 20.4 Å². The summed E-state index contributed by atoms with van der Waals surface area (Å²) in [6.07, 6.45) is 14.6. The Morgan fingerprint density at radius 3 is 0.964 bits per heavy atom. The van der Waals surface area contributed by atoms with E-state index < -0.39 is 0 Å². The minimum Gasteiger partial charge on any atom is -0.244 e. The summed E-state index contributed by atoms with van der Waals surface area (Å²) in [5.41, 5.74) is 2.16. The molecule has 0 unspecified atom stereocenters. The van der Waals surface area contributed by atoms with Crippen molar-refractivity contribution in [3.8, 4) is 0 Å². The Hall–Kier alpha value is -3.94. The number of hydrogen-bond acceptors (Lipinski definition) is 4. The fourth-order valence-electron chi connectivity index (χ4n) is 3.39. The smallest absolute Gasteiger partial charge is 0.168 e. The van der Waals surface area contributed by atoms with E-state index in [2.05, 4.69) is 44.7 Å². The van der Waals surface area contributed by atoms with Gasteiger partial charge in [-0.3, -0.25) is 0 Å². The molecule has 4 heterocycles. The van der Waals surface area contributed by atoms with Crippen LogP contribution >= 0.6 is 0 Å². The van der Waals surface area contributed by atoms with E-state index in [1.165, 1.54) is 0 Å². The summed E-state index contributed by atoms with van der Waals surface area (Å²) in [6, 6.07) is 16.1. The van der Waals surface area contributed by atoms with Gasteiger partial charge in [0.2, 0.25) is 0 Å². The SMILES string of the molecule is c1cnn(C(c2ccc(C(n3cccn3)n3cccn3)cc2)n2cccn2)c1. The number of rotatable bonds is 6. The molecule has 0 radical (unpaired) electrons. The van der Waals surface area contributed by atoms with E-state index in [1.807, 2.05) is 67.8 Å². The maximum absolute atomic E-state index is 4.42. The highest BCUT2D eigenvalue weighted by Crippen LogP contribution is 2.24. The predicted octanol–water partition coefficient (Wildman–Crippen LogP) is 2.66. The molecule has 8 heteroatoms. The third-order valence-electron chi connectivity index (χ3n) is 4.63. The Labute approximate surface area is 161 Å². The highest BCUT2D eigenvalue weighted by molar-refractivity contribution is 5.28. The summed E-state index contributed by atoms with van der Waals surface area (Å²) in [7, 11) is 0. The topological polar surface area (TPSA) is 71.3 Å². The lowest BCUT2D eigenvalue weighted by molar-refractivity contribution is 0.413. The Bertz CT molecular complexity index is 932. The molecule has 5 rings (SSSR count). The van der Waals surface area contributed by atoms with Crippen LogP contribution in [-0.2, 0) is 0 Å². The fraction of sp³-hybridized carbons (Fsp3) is 0.100. The predicted molar refractivity (Wildman–Crippen MR) is 102 cm³/mol. The van der Waals surface area contributed by atoms with Crippen LogP contribution in [0.3, 0.4) is 0 Å². The van der Waals surface area contributed by atoms with E-state index in [9.17, 15) is 0 Å². The number of benzene rings is 1. The second-order valence-electron chi connectivity index (χ2n) is 6.36. The van der Waals surface area contributed by atoms with Crippen LogP contribution in [0.4, 0.5) is 0 Å². The molecule has 0 saturated heterocycles. The van der Waals surface area contributed by atoms with Gasteiger partial charge in [-0.1, -0.05) is 24.3 Å². The lowest BCUT2D eigenvalue weighted by atomic mass is 10.1. The van der Waals surface area contributed by atoms with Crippen LogP contribution < -0.4 is 0 Å². The van der Waals surface area contributed by atoms with E-state index in [-0.39, 0.29) is 12.3 Å². The van der Waals surface area contributed by atoms with Gasteiger partial charge in [0.25, 0.3) is 0 Å². The van der Waals surface area contributed by atoms with Gasteiger partial charge in [0.05, 0.1) is 0 Å². The molecule has 8 nitrogen and oxygen atoms in total. The van der Waals surface area contributed by atoms with Crippen LogP contribution in [0.25, 0.3) is 0 Å². The first-order valence-corrected chi connectivity index (χ1v) is 8.96. The van der Waals surface area contributed by atoms with Crippen molar-refractivity contribution in [1.82, 2.24) is 39.1 Å². The minimum atomic E-state index is -0.146. The number of hydrogen-bond donors (Lipinski definition) is 0. The van der Waals surface area contributed by atoms with Gasteiger partial charge in [-0.05, 0) is 35.4 Å². The van der Waals surface area contributed by atoms with Crippen molar-refractivity contribution in [2.75, 3.05) is 0 Å². The Morgan fingerprint density at radius 2 is 0.750 bits per heavy atom. The van der Waals surface area contributed by atoms with Crippen molar-refractivity contribution >= 4 is 0 Å². The maximum Gasteiger partial charge on any atom is 0.168 e. The van der Waals surface area contributed by atoms with Crippen molar-refractivity contribution in [2.45, 2.75) is 12.3 Å². The van der Waals surface area contributed by atoms with Gasteiger partial charge in [0, 0.05) is 49.6 Å². The molecule has 28 heavy (non-hydrogen) atoms. The molecule has 0 aliphatic rings. The van der Waals surface area contributed by atoms with E-state index >= 15 is 0 Å². The Kier molecular flexibility index (Phi) is 4.06. The third-order valence-corrected chi connectivity index (χ3v) is 4.63. The highest BCUT2D eigenvalue weighted by atomic mass is 15.4. The molecule has 0 fully saturated rings. The van der Waals surface area contributed by atoms with Gasteiger partial charge in [-0.15, -0.1) is 0 Å². The van der Waals surface area contributed by atoms with Gasteiger partial charge in [0.1, 0.15) is 0 Å². The van der Waals surface area contributed by atoms with E-state index in [1.54, 1.807) is 24.8 Å². The lowest BCUT2D eigenvalue weighted by Gasteiger charge is -2.21. The molecule has 1 aromatic carbocycles. The van der Waals surface area contributed by atoms with Gasteiger partial charge >= 0.3 is 0 Å². The van der Waals surface area contributed by atoms with E-state index in [4.69, 9.17) is 0 Å². The first-order valence-electron chi connectivity index (χ1n) is 8.96. The number of aromatic nitrogens is 8. The summed E-state index contributed by atoms with van der Waals surface area (Å²) in [6.45, 7) is 0. The van der Waals surface area contributed by atoms with Crippen molar-refractivity contribution in [1.29, 1.82) is 0 Å². The zero-order valence-corrected chi connectivity index (χ0v) is 15.0. The number of nitrogens with zero attached hydrogens (tertiary/aromatic N) is 8. The molecule has 0 amide bonds. The van der Waals surface area contributed by atoms with Crippen LogP contribution in [0.5, 0.6) is 0 Å². The minimum absolute atomic E-state index is 0.146. The van der Waals surface area contributed by atoms with Crippen LogP contribution in [0.2, 0.25) is 0 Å². The average Bonchev–Trinajstić information content (AvgIpc) is 3.52. The summed E-state index contributed by atoms with van der Waals surface area (Å²) >= 11 is 0. The van der Waals surface area contributed by atoms with Crippen molar-refractivity contribution in [2.24, 2.45) is 0 Å². The molecule has 0 aliphatic carbocycles. The first-order chi connectivity index (χ1) is 13.9. The first kappa shape index (κ1) is 16.2. The second kappa shape index (κ2) is 6.99. The van der Waals surface area contributed by atoms with E-state index in [0.29, 0.717) is 0 Å². The summed E-state index contributed by atoms with van der Waals surface area (Å²) in [4.78, 5) is 0. The van der Waals surface area contributed by atoms with Gasteiger partial charge in [-0.25, -0.2) is 18.7 Å². The molecule has 4 aromatic heterocycles. The zero-order valence-electron chi connectivity index (χ0n) is 15.0. The van der Waals surface area contributed by atoms with Gasteiger partial charge in [0.15, 0.2) is 12.3 Å². The lowest BCUT2D eigenvalue weighted by Crippen LogP contribution is -2.22. The van der Waals surface area contributed by atoms with Crippen LogP contribution in [-0.4, -0.2) is 39.1 Å². The Balaban J connectivity index is 1.54. The van der Waals surface area contributed by atoms with Gasteiger partial charge < -0.3 is 0 Å². The second-order valence-corrected chi connectivity index (χ2v) is 6.36. The average molecular weight is 370 g/mol. The standard InChI is InChI=1S/C20H18N8/c1-9-21-25(13-1)19(26-14-2-10-22-26)17-5-7-18(8-6-17)20(27-15-3-11-23-27)28-16-4-12-24-28/h1-16,19-20H. The summed E-state index contributed by atoms with van der Waals surface area (Å²) in [5.74, 6) is 0. The normalized spacial score (nSPS) is 11.5. The van der Waals surface area contributed by atoms with Crippen molar-refractivity contribution in [3.05, 3.63) is 109 Å². The summed E-state index contributed by atoms with van der Waals surface area (Å²) < 4.78 is 7.56. The highest BCUT2D eigenvalue weighted by Gasteiger charge is 2.20. The molecule has 0 saturated carbocycles. The molecule has 0 atom stereocenters. The fourth-order valence-corrected chi connectivity index (χ4v) is 3.39.